The van der Waals surface area contributed by atoms with Gasteiger partial charge in [0.1, 0.15) is 0 Å². The summed E-state index contributed by atoms with van der Waals surface area (Å²) >= 11 is 0. The molecule has 0 N–H and O–H groups in total. The zero-order valence-corrected chi connectivity index (χ0v) is 14.8. The third kappa shape index (κ3) is 6.59. The van der Waals surface area contributed by atoms with E-state index >= 15 is 0 Å². The normalized spacial score (nSPS) is 17.4. The van der Waals surface area contributed by atoms with E-state index < -0.39 is 0 Å². The largest absolute Gasteiger partial charge is 2.00 e. The van der Waals surface area contributed by atoms with Gasteiger partial charge >= 0.3 is 21.7 Å². The van der Waals surface area contributed by atoms with Crippen molar-refractivity contribution in [3.05, 3.63) is 47.6 Å². The molecular weight excluding hydrogens is 264 g/mol. The van der Waals surface area contributed by atoms with Gasteiger partial charge in [-0.25, -0.2) is 23.3 Å². The molecule has 19 heavy (non-hydrogen) atoms. The molecule has 2 rings (SSSR count). The fourth-order valence-corrected chi connectivity index (χ4v) is 1.84. The maximum atomic E-state index is 3.30. The predicted molar refractivity (Wildman–Crippen MR) is 82.2 cm³/mol. The second-order valence-electron chi connectivity index (χ2n) is 6.89. The average Bonchev–Trinajstić information content (AvgIpc) is 2.91. The second kappa shape index (κ2) is 7.45. The van der Waals surface area contributed by atoms with Gasteiger partial charge in [-0.2, -0.15) is 12.2 Å². The number of hydrogen-bond donors (Lipinski definition) is 0. The molecule has 0 radical (unpaired) electrons. The van der Waals surface area contributed by atoms with E-state index in [0.717, 1.165) is 12.8 Å². The smallest absolute Gasteiger partial charge is 1.00 e. The summed E-state index contributed by atoms with van der Waals surface area (Å²) in [5, 5.41) is 0. The van der Waals surface area contributed by atoms with Crippen molar-refractivity contribution in [2.24, 2.45) is 10.8 Å². The van der Waals surface area contributed by atoms with Gasteiger partial charge in [0.05, 0.1) is 0 Å². The molecule has 1 heteroatoms. The van der Waals surface area contributed by atoms with Crippen molar-refractivity contribution in [2.45, 2.75) is 54.4 Å². The summed E-state index contributed by atoms with van der Waals surface area (Å²) in [5.74, 6) is 0. The van der Waals surface area contributed by atoms with Crippen LogP contribution < -0.4 is 0 Å². The van der Waals surface area contributed by atoms with Gasteiger partial charge in [0, 0.05) is 0 Å². The topological polar surface area (TPSA) is 0 Å². The first-order valence-corrected chi connectivity index (χ1v) is 6.77. The van der Waals surface area contributed by atoms with Crippen molar-refractivity contribution < 1.29 is 24.6 Å². The van der Waals surface area contributed by atoms with Crippen LogP contribution in [0.1, 0.15) is 57.2 Å². The van der Waals surface area contributed by atoms with Crippen molar-refractivity contribution in [1.82, 2.24) is 0 Å². The average molecular weight is 292 g/mol. The minimum absolute atomic E-state index is 0. The Morgan fingerprint density at radius 3 is 1.21 bits per heavy atom. The van der Waals surface area contributed by atoms with Crippen molar-refractivity contribution in [2.75, 3.05) is 0 Å². The van der Waals surface area contributed by atoms with Crippen molar-refractivity contribution >= 4 is 0 Å². The minimum Gasteiger partial charge on any atom is -1.00 e. The molecular formula is C18H28Ti-2. The molecule has 0 saturated heterocycles. The molecule has 0 atom stereocenters. The SMILES string of the molecule is CC(C)(C)C1=[C-]CC=C1.CC(C)(C)C1=[C-]CC=C1.[H-].[H-].[Ti+2]. The Kier molecular flexibility index (Phi) is 7.33. The summed E-state index contributed by atoms with van der Waals surface area (Å²) in [6.07, 6.45) is 17.3. The summed E-state index contributed by atoms with van der Waals surface area (Å²) in [5.41, 5.74) is 3.30. The van der Waals surface area contributed by atoms with Crippen LogP contribution in [0.25, 0.3) is 0 Å². The molecule has 0 amide bonds. The second-order valence-corrected chi connectivity index (χ2v) is 6.89. The minimum atomic E-state index is 0. The first kappa shape index (κ1) is 18.7. The number of allylic oxidation sites excluding steroid dienone is 8. The van der Waals surface area contributed by atoms with Crippen LogP contribution in [-0.4, -0.2) is 0 Å². The van der Waals surface area contributed by atoms with Gasteiger partial charge in [-0.15, -0.1) is 12.8 Å². The summed E-state index contributed by atoms with van der Waals surface area (Å²) in [6.45, 7) is 13.3. The summed E-state index contributed by atoms with van der Waals surface area (Å²) in [6, 6.07) is 0. The quantitative estimate of drug-likeness (QED) is 0.399. The fourth-order valence-electron chi connectivity index (χ4n) is 1.84. The molecule has 0 aliphatic heterocycles. The van der Waals surface area contributed by atoms with E-state index in [1.807, 2.05) is 0 Å². The van der Waals surface area contributed by atoms with Crippen LogP contribution in [0, 0.1) is 23.0 Å². The first-order valence-electron chi connectivity index (χ1n) is 6.77. The summed E-state index contributed by atoms with van der Waals surface area (Å²) in [7, 11) is 0. The molecule has 2 aliphatic carbocycles. The third-order valence-corrected chi connectivity index (χ3v) is 3.01. The van der Waals surface area contributed by atoms with Crippen LogP contribution in [0.3, 0.4) is 0 Å². The zero-order chi connectivity index (χ0) is 13.8. The van der Waals surface area contributed by atoms with E-state index in [1.54, 1.807) is 0 Å². The number of rotatable bonds is 0. The van der Waals surface area contributed by atoms with E-state index in [4.69, 9.17) is 0 Å². The van der Waals surface area contributed by atoms with Crippen LogP contribution in [0.15, 0.2) is 35.5 Å². The molecule has 0 heterocycles. The summed E-state index contributed by atoms with van der Waals surface area (Å²) < 4.78 is 0. The summed E-state index contributed by atoms with van der Waals surface area (Å²) in [4.78, 5) is 0. The molecule has 106 valence electrons. The Hall–Kier alpha value is -0.326. The molecule has 0 bridgehead atoms. The Morgan fingerprint density at radius 1 is 0.789 bits per heavy atom. The van der Waals surface area contributed by atoms with Gasteiger partial charge in [0.25, 0.3) is 0 Å². The fraction of sp³-hybridized carbons (Fsp3) is 0.556. The van der Waals surface area contributed by atoms with E-state index in [1.165, 1.54) is 11.1 Å². The Bertz CT molecular complexity index is 362. The van der Waals surface area contributed by atoms with Crippen molar-refractivity contribution in [3.8, 4) is 0 Å². The zero-order valence-electron chi connectivity index (χ0n) is 15.2. The van der Waals surface area contributed by atoms with Crippen LogP contribution in [-0.2, 0) is 21.7 Å². The van der Waals surface area contributed by atoms with Gasteiger partial charge in [-0.1, -0.05) is 41.5 Å². The van der Waals surface area contributed by atoms with Gasteiger partial charge in [0.15, 0.2) is 0 Å². The third-order valence-electron chi connectivity index (χ3n) is 3.01. The maximum Gasteiger partial charge on any atom is 2.00 e. The molecule has 0 saturated carbocycles. The maximum absolute atomic E-state index is 3.30. The van der Waals surface area contributed by atoms with Gasteiger partial charge in [-0.05, 0) is 10.8 Å². The molecule has 0 aromatic heterocycles. The Morgan fingerprint density at radius 2 is 1.11 bits per heavy atom. The van der Waals surface area contributed by atoms with Gasteiger partial charge in [-0.3, -0.25) is 12.2 Å². The first-order chi connectivity index (χ1) is 8.21. The monoisotopic (exact) mass is 292 g/mol. The van der Waals surface area contributed by atoms with Crippen molar-refractivity contribution in [1.29, 1.82) is 0 Å². The molecule has 0 aromatic carbocycles. The van der Waals surface area contributed by atoms with E-state index in [-0.39, 0.29) is 24.6 Å². The van der Waals surface area contributed by atoms with Crippen LogP contribution in [0.2, 0.25) is 0 Å². The molecule has 0 spiro atoms. The van der Waals surface area contributed by atoms with Crippen LogP contribution >= 0.6 is 0 Å². The van der Waals surface area contributed by atoms with Gasteiger partial charge in [0.2, 0.25) is 0 Å². The van der Waals surface area contributed by atoms with Crippen LogP contribution in [0.4, 0.5) is 0 Å². The molecule has 2 aliphatic rings. The number of hydrogen-bond acceptors (Lipinski definition) is 0. The molecule has 0 nitrogen and oxygen atoms in total. The standard InChI is InChI=1S/2C9H13.Ti.2H/c2*1-9(2,3)8-6-4-5-7-8;;;/h2*4,6H,5H2,1-3H3;;;/q2*-1;+2;2*-1. The van der Waals surface area contributed by atoms with Crippen molar-refractivity contribution in [3.63, 3.8) is 0 Å². The van der Waals surface area contributed by atoms with Gasteiger partial charge < -0.3 is 2.85 Å². The van der Waals surface area contributed by atoms with E-state index in [0.29, 0.717) is 10.8 Å². The van der Waals surface area contributed by atoms with Crippen LogP contribution in [0.5, 0.6) is 0 Å². The predicted octanol–water partition coefficient (Wildman–Crippen LogP) is 5.67. The van der Waals surface area contributed by atoms with E-state index in [2.05, 4.69) is 78.0 Å². The molecule has 0 fully saturated rings. The Balaban J connectivity index is -0.000000270. The molecule has 0 unspecified atom stereocenters. The Labute approximate surface area is 137 Å². The van der Waals surface area contributed by atoms with E-state index in [9.17, 15) is 0 Å². The molecule has 0 aromatic rings.